The molecule has 8 heteroatoms. The van der Waals surface area contributed by atoms with Crippen molar-refractivity contribution in [2.24, 2.45) is 7.05 Å². The molecule has 0 aliphatic rings. The highest BCUT2D eigenvalue weighted by Gasteiger charge is 2.23. The van der Waals surface area contributed by atoms with E-state index >= 15 is 0 Å². The van der Waals surface area contributed by atoms with Gasteiger partial charge in [-0.15, -0.1) is 0 Å². The molecule has 2 rings (SSSR count). The highest BCUT2D eigenvalue weighted by atomic mass is 79.9. The maximum Gasteiger partial charge on any atom is 0.273 e. The smallest absolute Gasteiger partial charge is 0.273 e. The van der Waals surface area contributed by atoms with E-state index in [0.29, 0.717) is 16.8 Å². The number of nitrogens with one attached hydrogen (secondary N) is 1. The molecule has 1 aromatic heterocycles. The number of amides is 1. The van der Waals surface area contributed by atoms with E-state index in [1.165, 1.54) is 23.9 Å². The van der Waals surface area contributed by atoms with Crippen LogP contribution in [0.5, 0.6) is 5.88 Å². The fourth-order valence-corrected chi connectivity index (χ4v) is 3.16. The van der Waals surface area contributed by atoms with E-state index in [4.69, 9.17) is 4.74 Å². The number of aryl methyl sites for hydroxylation is 1. The highest BCUT2D eigenvalue weighted by Crippen LogP contribution is 2.28. The Bertz CT molecular complexity index is 731. The minimum Gasteiger partial charge on any atom is -0.480 e. The molecule has 0 aliphatic carbocycles. The average Bonchev–Trinajstić information content (AvgIpc) is 2.86. The first-order valence-corrected chi connectivity index (χ1v) is 8.60. The van der Waals surface area contributed by atoms with Crippen LogP contribution in [0.4, 0.5) is 4.39 Å². The number of halogens is 2. The van der Waals surface area contributed by atoms with E-state index < -0.39 is 0 Å². The molecule has 1 N–H and O–H groups in total. The van der Waals surface area contributed by atoms with E-state index in [0.717, 1.165) is 12.1 Å². The maximum atomic E-state index is 13.2. The number of ether oxygens (including phenoxy) is 1. The van der Waals surface area contributed by atoms with Crippen molar-refractivity contribution in [3.8, 4) is 5.88 Å². The SMILES string of the molecule is COc1c(Br)c(C(=O)NC(CCN(C)C)c2ccc(F)cc2)nn1C. The normalized spacial score (nSPS) is 12.3. The molecule has 0 aliphatic heterocycles. The largest absolute Gasteiger partial charge is 0.480 e. The Kier molecular flexibility index (Phi) is 6.55. The second-order valence-corrected chi connectivity index (χ2v) is 6.76. The second-order valence-electron chi connectivity index (χ2n) is 5.97. The lowest BCUT2D eigenvalue weighted by atomic mass is 10.0. The van der Waals surface area contributed by atoms with Gasteiger partial charge in [0.05, 0.1) is 13.2 Å². The zero-order chi connectivity index (χ0) is 18.6. The Morgan fingerprint density at radius 1 is 1.40 bits per heavy atom. The number of carbonyl (C=O) groups is 1. The van der Waals surface area contributed by atoms with Gasteiger partial charge in [0, 0.05) is 7.05 Å². The van der Waals surface area contributed by atoms with E-state index in [-0.39, 0.29) is 23.5 Å². The molecule has 1 amide bonds. The number of aromatic nitrogens is 2. The van der Waals surface area contributed by atoms with Crippen molar-refractivity contribution in [1.29, 1.82) is 0 Å². The molecule has 0 radical (unpaired) electrons. The van der Waals surface area contributed by atoms with E-state index in [9.17, 15) is 9.18 Å². The lowest BCUT2D eigenvalue weighted by Crippen LogP contribution is -2.31. The van der Waals surface area contributed by atoms with Gasteiger partial charge in [-0.3, -0.25) is 4.79 Å². The summed E-state index contributed by atoms with van der Waals surface area (Å²) in [5.41, 5.74) is 1.09. The van der Waals surface area contributed by atoms with Gasteiger partial charge in [-0.25, -0.2) is 9.07 Å². The van der Waals surface area contributed by atoms with Crippen molar-refractivity contribution in [1.82, 2.24) is 20.0 Å². The summed E-state index contributed by atoms with van der Waals surface area (Å²) in [6, 6.07) is 5.90. The third-order valence-corrected chi connectivity index (χ3v) is 4.51. The Morgan fingerprint density at radius 2 is 2.04 bits per heavy atom. The van der Waals surface area contributed by atoms with Gasteiger partial charge in [-0.1, -0.05) is 12.1 Å². The third-order valence-electron chi connectivity index (χ3n) is 3.79. The molecule has 0 saturated carbocycles. The Labute approximate surface area is 155 Å². The van der Waals surface area contributed by atoms with Gasteiger partial charge >= 0.3 is 0 Å². The zero-order valence-electron chi connectivity index (χ0n) is 14.7. The van der Waals surface area contributed by atoms with E-state index in [2.05, 4.69) is 26.3 Å². The average molecular weight is 413 g/mol. The molecule has 2 aromatic rings. The van der Waals surface area contributed by atoms with Crippen LogP contribution in [0.2, 0.25) is 0 Å². The number of carbonyl (C=O) groups excluding carboxylic acids is 1. The quantitative estimate of drug-likeness (QED) is 0.759. The van der Waals surface area contributed by atoms with Crippen molar-refractivity contribution in [2.75, 3.05) is 27.7 Å². The van der Waals surface area contributed by atoms with Crippen LogP contribution >= 0.6 is 15.9 Å². The number of hydrogen-bond acceptors (Lipinski definition) is 4. The van der Waals surface area contributed by atoms with Crippen LogP contribution < -0.4 is 10.1 Å². The summed E-state index contributed by atoms with van der Waals surface area (Å²) in [6.07, 6.45) is 0.686. The number of nitrogens with zero attached hydrogens (tertiary/aromatic N) is 3. The number of hydrogen-bond donors (Lipinski definition) is 1. The molecule has 136 valence electrons. The van der Waals surface area contributed by atoms with Crippen molar-refractivity contribution >= 4 is 21.8 Å². The Balaban J connectivity index is 2.23. The summed E-state index contributed by atoms with van der Waals surface area (Å²) in [4.78, 5) is 14.7. The molecule has 25 heavy (non-hydrogen) atoms. The number of benzene rings is 1. The Hall–Kier alpha value is -1.93. The summed E-state index contributed by atoms with van der Waals surface area (Å²) < 4.78 is 20.4. The highest BCUT2D eigenvalue weighted by molar-refractivity contribution is 9.10. The zero-order valence-corrected chi connectivity index (χ0v) is 16.3. The first kappa shape index (κ1) is 19.4. The monoisotopic (exact) mass is 412 g/mol. The van der Waals surface area contributed by atoms with Crippen molar-refractivity contribution < 1.29 is 13.9 Å². The van der Waals surface area contributed by atoms with Gasteiger partial charge in [0.2, 0.25) is 5.88 Å². The van der Waals surface area contributed by atoms with Crippen molar-refractivity contribution in [3.05, 3.63) is 45.8 Å². The fourth-order valence-electron chi connectivity index (χ4n) is 2.48. The minimum absolute atomic E-state index is 0.247. The van der Waals surface area contributed by atoms with E-state index in [1.807, 2.05) is 19.0 Å². The molecule has 1 aromatic carbocycles. The summed E-state index contributed by atoms with van der Waals surface area (Å²) in [7, 11) is 7.14. The molecule has 1 heterocycles. The molecule has 1 atom stereocenters. The van der Waals surface area contributed by atoms with Crippen LogP contribution in [0.3, 0.4) is 0 Å². The van der Waals surface area contributed by atoms with Crippen LogP contribution in [0.1, 0.15) is 28.5 Å². The van der Waals surface area contributed by atoms with E-state index in [1.54, 1.807) is 19.2 Å². The number of methoxy groups -OCH3 is 1. The van der Waals surface area contributed by atoms with Crippen LogP contribution in [0, 0.1) is 5.82 Å². The standard InChI is InChI=1S/C17H22BrFN4O2/c1-22(2)10-9-13(11-5-7-12(19)8-6-11)20-16(24)15-14(18)17(25-4)23(3)21-15/h5-8,13H,9-10H2,1-4H3,(H,20,24). The van der Waals surface area contributed by atoms with Crippen LogP contribution in [-0.4, -0.2) is 48.3 Å². The molecule has 0 spiro atoms. The maximum absolute atomic E-state index is 13.2. The lowest BCUT2D eigenvalue weighted by Gasteiger charge is -2.21. The topological polar surface area (TPSA) is 59.4 Å². The van der Waals surface area contributed by atoms with Gasteiger partial charge in [0.25, 0.3) is 5.91 Å². The van der Waals surface area contributed by atoms with Gasteiger partial charge in [-0.05, 0) is 60.7 Å². The molecule has 0 bridgehead atoms. The first-order chi connectivity index (χ1) is 11.8. The third kappa shape index (κ3) is 4.79. The molecule has 6 nitrogen and oxygen atoms in total. The predicted octanol–water partition coefficient (Wildman–Crippen LogP) is 2.75. The van der Waals surface area contributed by atoms with Gasteiger partial charge in [-0.2, -0.15) is 5.10 Å². The number of rotatable bonds is 7. The van der Waals surface area contributed by atoms with Gasteiger partial charge in [0.1, 0.15) is 10.3 Å². The molecular formula is C17H22BrFN4O2. The molecule has 0 fully saturated rings. The van der Waals surface area contributed by atoms with Gasteiger partial charge < -0.3 is 15.0 Å². The summed E-state index contributed by atoms with van der Waals surface area (Å²) in [5.74, 6) is -0.158. The van der Waals surface area contributed by atoms with Crippen molar-refractivity contribution in [2.45, 2.75) is 12.5 Å². The first-order valence-electron chi connectivity index (χ1n) is 7.81. The van der Waals surface area contributed by atoms with Crippen molar-refractivity contribution in [3.63, 3.8) is 0 Å². The minimum atomic E-state index is -0.321. The molecule has 0 saturated heterocycles. The van der Waals surface area contributed by atoms with Crippen LogP contribution in [-0.2, 0) is 7.05 Å². The molecule has 1 unspecified atom stereocenters. The van der Waals surface area contributed by atoms with Gasteiger partial charge in [0.15, 0.2) is 5.69 Å². The Morgan fingerprint density at radius 3 is 2.56 bits per heavy atom. The summed E-state index contributed by atoms with van der Waals surface area (Å²) in [6.45, 7) is 0.773. The lowest BCUT2D eigenvalue weighted by molar-refractivity contribution is 0.0926. The van der Waals surface area contributed by atoms with Crippen LogP contribution in [0.25, 0.3) is 0 Å². The molecular weight excluding hydrogens is 391 g/mol. The summed E-state index contributed by atoms with van der Waals surface area (Å²) in [5, 5.41) is 7.18. The fraction of sp³-hybridized carbons (Fsp3) is 0.412. The predicted molar refractivity (Wildman–Crippen MR) is 97.2 cm³/mol. The van der Waals surface area contributed by atoms with Crippen LogP contribution in [0.15, 0.2) is 28.7 Å². The summed E-state index contributed by atoms with van der Waals surface area (Å²) >= 11 is 3.35. The second kappa shape index (κ2) is 8.44.